The van der Waals surface area contributed by atoms with Crippen LogP contribution in [0.25, 0.3) is 0 Å². The number of hydrogen-bond acceptors (Lipinski definition) is 2. The molecule has 1 fully saturated rings. The fourth-order valence-corrected chi connectivity index (χ4v) is 2.34. The van der Waals surface area contributed by atoms with Gasteiger partial charge in [0, 0.05) is 31.7 Å². The van der Waals surface area contributed by atoms with Gasteiger partial charge in [-0.15, -0.1) is 0 Å². The summed E-state index contributed by atoms with van der Waals surface area (Å²) in [5, 5.41) is 3.59. The largest absolute Gasteiger partial charge is 0.311 e. The molecule has 0 bridgehead atoms. The fourth-order valence-electron chi connectivity index (χ4n) is 2.34. The molecule has 1 rings (SSSR count). The van der Waals surface area contributed by atoms with Crippen LogP contribution in [-0.4, -0.2) is 36.6 Å². The van der Waals surface area contributed by atoms with Crippen molar-refractivity contribution in [1.82, 2.24) is 10.2 Å². The average molecular weight is 224 g/mol. The zero-order valence-electron chi connectivity index (χ0n) is 11.8. The first-order chi connectivity index (χ1) is 7.30. The van der Waals surface area contributed by atoms with E-state index in [9.17, 15) is 0 Å². The van der Waals surface area contributed by atoms with Crippen molar-refractivity contribution in [3.8, 4) is 0 Å². The first-order valence-corrected chi connectivity index (χ1v) is 6.41. The lowest BCUT2D eigenvalue weighted by Gasteiger charge is -2.45. The van der Waals surface area contributed by atoms with Gasteiger partial charge in [-0.25, -0.2) is 0 Å². The van der Waals surface area contributed by atoms with Gasteiger partial charge >= 0.3 is 0 Å². The van der Waals surface area contributed by atoms with Crippen molar-refractivity contribution < 1.29 is 0 Å². The fraction of sp³-hybridized carbons (Fsp3) is 0.857. The highest BCUT2D eigenvalue weighted by Crippen LogP contribution is 2.26. The predicted octanol–water partition coefficient (Wildman–Crippen LogP) is 2.66. The summed E-state index contributed by atoms with van der Waals surface area (Å²) in [5.41, 5.74) is 1.77. The number of hydrogen-bond donors (Lipinski definition) is 1. The second kappa shape index (κ2) is 5.33. The summed E-state index contributed by atoms with van der Waals surface area (Å²) in [5.74, 6) is 0. The second-order valence-corrected chi connectivity index (χ2v) is 6.43. The molecule has 1 aliphatic rings. The molecule has 0 spiro atoms. The minimum atomic E-state index is 0.350. The number of allylic oxidation sites excluding steroid dienone is 1. The third kappa shape index (κ3) is 3.91. The van der Waals surface area contributed by atoms with Crippen molar-refractivity contribution in [2.75, 3.05) is 19.6 Å². The van der Waals surface area contributed by atoms with Crippen molar-refractivity contribution in [3.05, 3.63) is 11.6 Å². The Balaban J connectivity index is 2.69. The van der Waals surface area contributed by atoms with Gasteiger partial charge in [0.05, 0.1) is 0 Å². The SMILES string of the molecule is CC(C)=CCN1CC(C)NCC1C(C)(C)C. The van der Waals surface area contributed by atoms with E-state index in [-0.39, 0.29) is 0 Å². The summed E-state index contributed by atoms with van der Waals surface area (Å²) < 4.78 is 0. The summed E-state index contributed by atoms with van der Waals surface area (Å²) in [6.07, 6.45) is 2.34. The second-order valence-electron chi connectivity index (χ2n) is 6.43. The van der Waals surface area contributed by atoms with Crippen LogP contribution < -0.4 is 5.32 Å². The molecule has 0 amide bonds. The van der Waals surface area contributed by atoms with Crippen LogP contribution in [0.15, 0.2) is 11.6 Å². The Morgan fingerprint density at radius 1 is 1.38 bits per heavy atom. The lowest BCUT2D eigenvalue weighted by Crippen LogP contribution is -2.59. The van der Waals surface area contributed by atoms with E-state index in [1.54, 1.807) is 0 Å². The lowest BCUT2D eigenvalue weighted by molar-refractivity contribution is 0.0693. The number of nitrogens with one attached hydrogen (secondary N) is 1. The Bertz CT molecular complexity index is 246. The van der Waals surface area contributed by atoms with Crippen LogP contribution in [-0.2, 0) is 0 Å². The highest BCUT2D eigenvalue weighted by atomic mass is 15.2. The number of nitrogens with zero attached hydrogens (tertiary/aromatic N) is 1. The summed E-state index contributed by atoms with van der Waals surface area (Å²) in [4.78, 5) is 2.62. The summed E-state index contributed by atoms with van der Waals surface area (Å²) >= 11 is 0. The molecule has 2 heteroatoms. The monoisotopic (exact) mass is 224 g/mol. The molecule has 0 aliphatic carbocycles. The van der Waals surface area contributed by atoms with Crippen molar-refractivity contribution >= 4 is 0 Å². The predicted molar refractivity (Wildman–Crippen MR) is 71.7 cm³/mol. The van der Waals surface area contributed by atoms with Gasteiger partial charge in [0.15, 0.2) is 0 Å². The Hall–Kier alpha value is -0.340. The molecule has 1 saturated heterocycles. The minimum absolute atomic E-state index is 0.350. The van der Waals surface area contributed by atoms with Gasteiger partial charge in [0.1, 0.15) is 0 Å². The van der Waals surface area contributed by atoms with Gasteiger partial charge < -0.3 is 5.32 Å². The van der Waals surface area contributed by atoms with Gasteiger partial charge in [-0.1, -0.05) is 32.4 Å². The molecule has 1 N–H and O–H groups in total. The summed E-state index contributed by atoms with van der Waals surface area (Å²) in [7, 11) is 0. The molecule has 0 aromatic carbocycles. The Morgan fingerprint density at radius 2 is 2.00 bits per heavy atom. The van der Waals surface area contributed by atoms with Crippen LogP contribution in [0, 0.1) is 5.41 Å². The lowest BCUT2D eigenvalue weighted by atomic mass is 9.84. The van der Waals surface area contributed by atoms with E-state index in [2.05, 4.69) is 57.8 Å². The Kier molecular flexibility index (Phi) is 4.57. The maximum atomic E-state index is 3.59. The molecular formula is C14H28N2. The van der Waals surface area contributed by atoms with Crippen LogP contribution >= 0.6 is 0 Å². The van der Waals surface area contributed by atoms with E-state index in [1.165, 1.54) is 5.57 Å². The quantitative estimate of drug-likeness (QED) is 0.726. The van der Waals surface area contributed by atoms with E-state index in [1.807, 2.05) is 0 Å². The topological polar surface area (TPSA) is 15.3 Å². The third-order valence-corrected chi connectivity index (χ3v) is 3.34. The van der Waals surface area contributed by atoms with Crippen LogP contribution in [0.3, 0.4) is 0 Å². The van der Waals surface area contributed by atoms with Crippen molar-refractivity contribution in [2.24, 2.45) is 5.41 Å². The van der Waals surface area contributed by atoms with Crippen molar-refractivity contribution in [1.29, 1.82) is 0 Å². The molecule has 0 saturated carbocycles. The summed E-state index contributed by atoms with van der Waals surface area (Å²) in [6, 6.07) is 1.25. The third-order valence-electron chi connectivity index (χ3n) is 3.34. The van der Waals surface area contributed by atoms with Crippen LogP contribution in [0.4, 0.5) is 0 Å². The van der Waals surface area contributed by atoms with E-state index in [4.69, 9.17) is 0 Å². The van der Waals surface area contributed by atoms with E-state index in [0.29, 0.717) is 17.5 Å². The molecule has 1 heterocycles. The van der Waals surface area contributed by atoms with Crippen LogP contribution in [0.5, 0.6) is 0 Å². The zero-order chi connectivity index (χ0) is 12.3. The highest BCUT2D eigenvalue weighted by Gasteiger charge is 2.33. The molecule has 1 aliphatic heterocycles. The molecule has 94 valence electrons. The number of piperazine rings is 1. The molecule has 0 aromatic rings. The van der Waals surface area contributed by atoms with Crippen LogP contribution in [0.1, 0.15) is 41.5 Å². The summed E-state index contributed by atoms with van der Waals surface area (Å²) in [6.45, 7) is 17.0. The number of rotatable bonds is 2. The van der Waals surface area contributed by atoms with Gasteiger partial charge in [-0.05, 0) is 26.2 Å². The normalized spacial score (nSPS) is 27.9. The molecule has 0 aromatic heterocycles. The van der Waals surface area contributed by atoms with Gasteiger partial charge in [0.2, 0.25) is 0 Å². The standard InChI is InChI=1S/C14H28N2/c1-11(2)7-8-16-10-12(3)15-9-13(16)14(4,5)6/h7,12-13,15H,8-10H2,1-6H3. The first-order valence-electron chi connectivity index (χ1n) is 6.41. The van der Waals surface area contributed by atoms with Crippen molar-refractivity contribution in [2.45, 2.75) is 53.6 Å². The maximum Gasteiger partial charge on any atom is 0.0273 e. The first kappa shape index (κ1) is 13.7. The molecule has 0 radical (unpaired) electrons. The molecule has 2 atom stereocenters. The highest BCUT2D eigenvalue weighted by molar-refractivity contribution is 4.99. The molecule has 16 heavy (non-hydrogen) atoms. The van der Waals surface area contributed by atoms with Gasteiger partial charge in [-0.3, -0.25) is 4.90 Å². The zero-order valence-corrected chi connectivity index (χ0v) is 11.8. The van der Waals surface area contributed by atoms with E-state index < -0.39 is 0 Å². The molecular weight excluding hydrogens is 196 g/mol. The van der Waals surface area contributed by atoms with Gasteiger partial charge in [-0.2, -0.15) is 0 Å². The van der Waals surface area contributed by atoms with E-state index in [0.717, 1.165) is 19.6 Å². The van der Waals surface area contributed by atoms with E-state index >= 15 is 0 Å². The Labute approximate surface area is 101 Å². The smallest absolute Gasteiger partial charge is 0.0273 e. The molecule has 2 unspecified atom stereocenters. The molecule has 2 nitrogen and oxygen atoms in total. The Morgan fingerprint density at radius 3 is 2.50 bits per heavy atom. The minimum Gasteiger partial charge on any atom is -0.311 e. The van der Waals surface area contributed by atoms with Crippen LogP contribution in [0.2, 0.25) is 0 Å². The van der Waals surface area contributed by atoms with Crippen molar-refractivity contribution in [3.63, 3.8) is 0 Å². The van der Waals surface area contributed by atoms with Gasteiger partial charge in [0.25, 0.3) is 0 Å². The maximum absolute atomic E-state index is 3.59. The average Bonchev–Trinajstić information content (AvgIpc) is 2.12.